The van der Waals surface area contributed by atoms with Gasteiger partial charge in [0.1, 0.15) is 6.23 Å². The first kappa shape index (κ1) is 9.88. The predicted octanol–water partition coefficient (Wildman–Crippen LogP) is 0.0274. The minimum absolute atomic E-state index is 0.667. The summed E-state index contributed by atoms with van der Waals surface area (Å²) in [6, 6.07) is 0. The van der Waals surface area contributed by atoms with Crippen LogP contribution in [0.3, 0.4) is 0 Å². The van der Waals surface area contributed by atoms with Crippen molar-refractivity contribution in [2.45, 2.75) is 33.1 Å². The first-order chi connectivity index (χ1) is 4.63. The van der Waals surface area contributed by atoms with Gasteiger partial charge in [0.05, 0.1) is 6.10 Å². The number of likely N-dealkylation sites (N-methyl/N-ethyl adjacent to an activating group) is 1. The lowest BCUT2D eigenvalue weighted by atomic mass is 10.3. The van der Waals surface area contributed by atoms with Crippen LogP contribution >= 0.6 is 0 Å². The Balaban J connectivity index is 3.76. The van der Waals surface area contributed by atoms with Crippen LogP contribution in [0, 0.1) is 0 Å². The molecule has 2 N–H and O–H groups in total. The van der Waals surface area contributed by atoms with Crippen LogP contribution in [0.1, 0.15) is 20.8 Å². The second-order valence-corrected chi connectivity index (χ2v) is 2.38. The first-order valence-corrected chi connectivity index (χ1v) is 3.73. The summed E-state index contributed by atoms with van der Waals surface area (Å²) in [7, 11) is 0. The predicted molar refractivity (Wildman–Crippen MR) is 40.6 cm³/mol. The minimum atomic E-state index is -0.713. The SMILES string of the molecule is CCN(CC)C(O)C(C)O. The van der Waals surface area contributed by atoms with Crippen molar-refractivity contribution < 1.29 is 10.2 Å². The molecule has 0 bridgehead atoms. The Bertz CT molecular complexity index is 81.7. The van der Waals surface area contributed by atoms with E-state index in [-0.39, 0.29) is 0 Å². The fourth-order valence-corrected chi connectivity index (χ4v) is 0.903. The van der Waals surface area contributed by atoms with E-state index in [9.17, 15) is 5.11 Å². The van der Waals surface area contributed by atoms with Crippen molar-refractivity contribution in [3.05, 3.63) is 0 Å². The zero-order chi connectivity index (χ0) is 8.15. The Morgan fingerprint density at radius 2 is 1.60 bits per heavy atom. The van der Waals surface area contributed by atoms with Gasteiger partial charge < -0.3 is 10.2 Å². The van der Waals surface area contributed by atoms with Crippen molar-refractivity contribution in [2.75, 3.05) is 13.1 Å². The van der Waals surface area contributed by atoms with E-state index in [1.165, 1.54) is 0 Å². The highest BCUT2D eigenvalue weighted by Crippen LogP contribution is 1.99. The van der Waals surface area contributed by atoms with Gasteiger partial charge in [-0.2, -0.15) is 0 Å². The number of aliphatic hydroxyl groups is 2. The van der Waals surface area contributed by atoms with Crippen molar-refractivity contribution in [3.63, 3.8) is 0 Å². The van der Waals surface area contributed by atoms with Crippen LogP contribution in [0.25, 0.3) is 0 Å². The third-order valence-electron chi connectivity index (χ3n) is 1.62. The molecule has 0 aromatic carbocycles. The standard InChI is InChI=1S/C7H17NO2/c1-4-8(5-2)7(10)6(3)9/h6-7,9-10H,4-5H2,1-3H3. The zero-order valence-electron chi connectivity index (χ0n) is 6.91. The Morgan fingerprint density at radius 3 is 1.70 bits per heavy atom. The average Bonchev–Trinajstić information content (AvgIpc) is 1.90. The van der Waals surface area contributed by atoms with E-state index in [1.54, 1.807) is 11.8 Å². The fourth-order valence-electron chi connectivity index (χ4n) is 0.903. The molecule has 0 aliphatic carbocycles. The summed E-state index contributed by atoms with van der Waals surface area (Å²) < 4.78 is 0. The molecule has 0 aromatic rings. The van der Waals surface area contributed by atoms with E-state index < -0.39 is 12.3 Å². The van der Waals surface area contributed by atoms with Gasteiger partial charge in [-0.3, -0.25) is 4.90 Å². The molecular weight excluding hydrogens is 130 g/mol. The summed E-state index contributed by atoms with van der Waals surface area (Å²) in [6.07, 6.45) is -1.38. The monoisotopic (exact) mass is 147 g/mol. The van der Waals surface area contributed by atoms with Gasteiger partial charge in [-0.15, -0.1) is 0 Å². The molecule has 0 spiro atoms. The van der Waals surface area contributed by atoms with Gasteiger partial charge in [-0.25, -0.2) is 0 Å². The quantitative estimate of drug-likeness (QED) is 0.551. The summed E-state index contributed by atoms with van der Waals surface area (Å²) in [5.74, 6) is 0. The van der Waals surface area contributed by atoms with Crippen molar-refractivity contribution in [1.29, 1.82) is 0 Å². The van der Waals surface area contributed by atoms with E-state index in [0.29, 0.717) is 0 Å². The largest absolute Gasteiger partial charge is 0.389 e. The molecule has 0 heterocycles. The lowest BCUT2D eigenvalue weighted by Gasteiger charge is -2.26. The molecule has 2 atom stereocenters. The summed E-state index contributed by atoms with van der Waals surface area (Å²) in [5, 5.41) is 18.2. The Hall–Kier alpha value is -0.120. The van der Waals surface area contributed by atoms with E-state index in [4.69, 9.17) is 5.11 Å². The molecule has 62 valence electrons. The van der Waals surface area contributed by atoms with Gasteiger partial charge in [0.15, 0.2) is 0 Å². The maximum atomic E-state index is 9.26. The van der Waals surface area contributed by atoms with Crippen LogP contribution in [0.2, 0.25) is 0 Å². The first-order valence-electron chi connectivity index (χ1n) is 3.73. The molecule has 0 radical (unpaired) electrons. The summed E-state index contributed by atoms with van der Waals surface area (Å²) >= 11 is 0. The average molecular weight is 147 g/mol. The number of hydrogen-bond acceptors (Lipinski definition) is 3. The highest BCUT2D eigenvalue weighted by atomic mass is 16.3. The van der Waals surface area contributed by atoms with E-state index in [0.717, 1.165) is 13.1 Å². The van der Waals surface area contributed by atoms with Crippen molar-refractivity contribution in [3.8, 4) is 0 Å². The van der Waals surface area contributed by atoms with Crippen LogP contribution in [-0.4, -0.2) is 40.5 Å². The number of nitrogens with zero attached hydrogens (tertiary/aromatic N) is 1. The molecule has 3 heteroatoms. The smallest absolute Gasteiger partial charge is 0.133 e. The maximum absolute atomic E-state index is 9.26. The van der Waals surface area contributed by atoms with Crippen LogP contribution in [0.5, 0.6) is 0 Å². The molecule has 0 saturated heterocycles. The molecule has 0 aromatic heterocycles. The number of aliphatic hydroxyl groups excluding tert-OH is 2. The Labute approximate surface area is 62.3 Å². The van der Waals surface area contributed by atoms with Crippen LogP contribution in [0.4, 0.5) is 0 Å². The number of hydrogen-bond donors (Lipinski definition) is 2. The highest BCUT2D eigenvalue weighted by molar-refractivity contribution is 4.62. The Kier molecular flexibility index (Phi) is 4.60. The third kappa shape index (κ3) is 2.64. The second-order valence-electron chi connectivity index (χ2n) is 2.38. The molecule has 2 unspecified atom stereocenters. The summed E-state index contributed by atoms with van der Waals surface area (Å²) in [4.78, 5) is 1.80. The van der Waals surface area contributed by atoms with Crippen LogP contribution < -0.4 is 0 Å². The second kappa shape index (κ2) is 4.66. The van der Waals surface area contributed by atoms with E-state index in [1.807, 2.05) is 13.8 Å². The summed E-state index contributed by atoms with van der Waals surface area (Å²) in [5.41, 5.74) is 0. The van der Waals surface area contributed by atoms with E-state index >= 15 is 0 Å². The number of rotatable bonds is 4. The summed E-state index contributed by atoms with van der Waals surface area (Å²) in [6.45, 7) is 7.03. The normalized spacial score (nSPS) is 17.4. The van der Waals surface area contributed by atoms with Crippen LogP contribution in [-0.2, 0) is 0 Å². The molecule has 0 amide bonds. The third-order valence-corrected chi connectivity index (χ3v) is 1.62. The molecule has 0 aliphatic rings. The Morgan fingerprint density at radius 1 is 1.20 bits per heavy atom. The zero-order valence-corrected chi connectivity index (χ0v) is 6.91. The molecule has 0 fully saturated rings. The van der Waals surface area contributed by atoms with Gasteiger partial charge >= 0.3 is 0 Å². The van der Waals surface area contributed by atoms with Gasteiger partial charge in [0.2, 0.25) is 0 Å². The van der Waals surface area contributed by atoms with Crippen molar-refractivity contribution in [1.82, 2.24) is 4.90 Å². The maximum Gasteiger partial charge on any atom is 0.133 e. The lowest BCUT2D eigenvalue weighted by molar-refractivity contribution is -0.0713. The fraction of sp³-hybridized carbons (Fsp3) is 1.00. The van der Waals surface area contributed by atoms with Gasteiger partial charge in [-0.1, -0.05) is 13.8 Å². The van der Waals surface area contributed by atoms with Gasteiger partial charge in [0, 0.05) is 0 Å². The molecule has 3 nitrogen and oxygen atoms in total. The van der Waals surface area contributed by atoms with Crippen molar-refractivity contribution >= 4 is 0 Å². The van der Waals surface area contributed by atoms with E-state index in [2.05, 4.69) is 0 Å². The molecular formula is C7H17NO2. The minimum Gasteiger partial charge on any atom is -0.389 e. The van der Waals surface area contributed by atoms with Crippen molar-refractivity contribution in [2.24, 2.45) is 0 Å². The molecule has 10 heavy (non-hydrogen) atoms. The van der Waals surface area contributed by atoms with Crippen LogP contribution in [0.15, 0.2) is 0 Å². The molecule has 0 aliphatic heterocycles. The molecule has 0 saturated carbocycles. The molecule has 0 rings (SSSR count). The highest BCUT2D eigenvalue weighted by Gasteiger charge is 2.16. The lowest BCUT2D eigenvalue weighted by Crippen LogP contribution is -2.41. The van der Waals surface area contributed by atoms with Gasteiger partial charge in [0.25, 0.3) is 0 Å². The van der Waals surface area contributed by atoms with Gasteiger partial charge in [-0.05, 0) is 20.0 Å². The topological polar surface area (TPSA) is 43.7 Å².